The fourth-order valence-corrected chi connectivity index (χ4v) is 2.75. The molecule has 0 amide bonds. The Balaban J connectivity index is 1.86. The van der Waals surface area contributed by atoms with Gasteiger partial charge in [-0.2, -0.15) is 0 Å². The van der Waals surface area contributed by atoms with Crippen LogP contribution in [0, 0.1) is 0 Å². The van der Waals surface area contributed by atoms with Gasteiger partial charge in [-0.3, -0.25) is 0 Å². The molecular weight excluding hydrogens is 248 g/mol. The smallest absolute Gasteiger partial charge is 0.119 e. The average Bonchev–Trinajstić information content (AvgIpc) is 2.65. The third kappa shape index (κ3) is 4.71. The van der Waals surface area contributed by atoms with Crippen LogP contribution in [0.3, 0.4) is 0 Å². The monoisotopic (exact) mass is 276 g/mol. The van der Waals surface area contributed by atoms with E-state index in [2.05, 4.69) is 55.3 Å². The zero-order valence-corrected chi connectivity index (χ0v) is 13.1. The van der Waals surface area contributed by atoms with Crippen molar-refractivity contribution in [1.29, 1.82) is 0 Å². The molecule has 3 heteroatoms. The molecule has 0 aromatic heterocycles. The highest BCUT2D eigenvalue weighted by Crippen LogP contribution is 2.20. The molecule has 3 nitrogen and oxygen atoms in total. The molecule has 1 atom stereocenters. The van der Waals surface area contributed by atoms with Crippen LogP contribution in [0.1, 0.15) is 40.0 Å². The summed E-state index contributed by atoms with van der Waals surface area (Å²) in [7, 11) is 0. The molecule has 1 unspecified atom stereocenters. The molecule has 0 radical (unpaired) electrons. The molecule has 1 aromatic rings. The third-order valence-corrected chi connectivity index (χ3v) is 3.86. The van der Waals surface area contributed by atoms with Crippen LogP contribution in [0.4, 0.5) is 5.69 Å². The second-order valence-electron chi connectivity index (χ2n) is 5.90. The number of ether oxygens (including phenoxy) is 1. The second-order valence-corrected chi connectivity index (χ2v) is 5.90. The first-order valence-electron chi connectivity index (χ1n) is 7.93. The second kappa shape index (κ2) is 7.53. The van der Waals surface area contributed by atoms with E-state index in [0.717, 1.165) is 5.75 Å². The van der Waals surface area contributed by atoms with Gasteiger partial charge in [0.2, 0.25) is 0 Å². The first-order chi connectivity index (χ1) is 9.67. The summed E-state index contributed by atoms with van der Waals surface area (Å²) in [6.45, 7) is 9.99. The molecule has 1 saturated heterocycles. The lowest BCUT2D eigenvalue weighted by molar-refractivity contribution is 0.242. The van der Waals surface area contributed by atoms with Gasteiger partial charge in [0, 0.05) is 18.3 Å². The maximum absolute atomic E-state index is 5.67. The average molecular weight is 276 g/mol. The van der Waals surface area contributed by atoms with Crippen LogP contribution in [0.5, 0.6) is 5.75 Å². The Morgan fingerprint density at radius 1 is 1.20 bits per heavy atom. The van der Waals surface area contributed by atoms with Crippen molar-refractivity contribution < 1.29 is 4.74 Å². The fraction of sp³-hybridized carbons (Fsp3) is 0.647. The lowest BCUT2D eigenvalue weighted by atomic mass is 10.1. The zero-order chi connectivity index (χ0) is 14.4. The SMILES string of the molecule is CCN1CCCC(Nc2ccc(OC(C)C)cc2)CC1. The predicted octanol–water partition coefficient (Wildman–Crippen LogP) is 3.76. The molecule has 0 bridgehead atoms. The highest BCUT2D eigenvalue weighted by Gasteiger charge is 2.15. The van der Waals surface area contributed by atoms with Gasteiger partial charge in [0.1, 0.15) is 5.75 Å². The van der Waals surface area contributed by atoms with Crippen molar-refractivity contribution in [3.05, 3.63) is 24.3 Å². The molecule has 1 fully saturated rings. The van der Waals surface area contributed by atoms with E-state index in [9.17, 15) is 0 Å². The lowest BCUT2D eigenvalue weighted by Crippen LogP contribution is -2.26. The summed E-state index contributed by atoms with van der Waals surface area (Å²) in [4.78, 5) is 2.54. The Kier molecular flexibility index (Phi) is 5.72. The summed E-state index contributed by atoms with van der Waals surface area (Å²) >= 11 is 0. The van der Waals surface area contributed by atoms with Gasteiger partial charge in [0.05, 0.1) is 6.10 Å². The Bertz CT molecular complexity index is 388. The number of nitrogens with one attached hydrogen (secondary N) is 1. The van der Waals surface area contributed by atoms with Crippen LogP contribution in [0.15, 0.2) is 24.3 Å². The van der Waals surface area contributed by atoms with Crippen LogP contribution in [0.2, 0.25) is 0 Å². The van der Waals surface area contributed by atoms with Crippen LogP contribution >= 0.6 is 0 Å². The van der Waals surface area contributed by atoms with E-state index in [1.165, 1.54) is 44.6 Å². The standard InChI is InChI=1S/C17H28N2O/c1-4-19-12-5-6-15(11-13-19)18-16-7-9-17(10-8-16)20-14(2)3/h7-10,14-15,18H,4-6,11-13H2,1-3H3. The van der Waals surface area contributed by atoms with Gasteiger partial charge in [0.15, 0.2) is 0 Å². The van der Waals surface area contributed by atoms with Crippen LogP contribution in [-0.2, 0) is 0 Å². The molecule has 1 N–H and O–H groups in total. The topological polar surface area (TPSA) is 24.5 Å². The number of anilines is 1. The minimum absolute atomic E-state index is 0.232. The largest absolute Gasteiger partial charge is 0.491 e. The molecule has 112 valence electrons. The highest BCUT2D eigenvalue weighted by atomic mass is 16.5. The number of nitrogens with zero attached hydrogens (tertiary/aromatic N) is 1. The molecule has 2 rings (SSSR count). The van der Waals surface area contributed by atoms with Crippen LogP contribution in [-0.4, -0.2) is 36.7 Å². The van der Waals surface area contributed by atoms with Gasteiger partial charge >= 0.3 is 0 Å². The molecule has 0 spiro atoms. The zero-order valence-electron chi connectivity index (χ0n) is 13.1. The van der Waals surface area contributed by atoms with Crippen molar-refractivity contribution in [3.8, 4) is 5.75 Å². The van der Waals surface area contributed by atoms with Crippen LogP contribution in [0.25, 0.3) is 0 Å². The Morgan fingerprint density at radius 3 is 2.60 bits per heavy atom. The summed E-state index contributed by atoms with van der Waals surface area (Å²) in [5, 5.41) is 3.66. The maximum atomic E-state index is 5.67. The van der Waals surface area contributed by atoms with Crippen molar-refractivity contribution in [2.24, 2.45) is 0 Å². The summed E-state index contributed by atoms with van der Waals surface area (Å²) in [5.41, 5.74) is 1.20. The van der Waals surface area contributed by atoms with Crippen molar-refractivity contribution in [3.63, 3.8) is 0 Å². The number of hydrogen-bond acceptors (Lipinski definition) is 3. The molecule has 0 saturated carbocycles. The van der Waals surface area contributed by atoms with Gasteiger partial charge < -0.3 is 15.0 Å². The van der Waals surface area contributed by atoms with E-state index in [-0.39, 0.29) is 6.10 Å². The Morgan fingerprint density at radius 2 is 1.95 bits per heavy atom. The van der Waals surface area contributed by atoms with E-state index in [0.29, 0.717) is 6.04 Å². The molecule has 1 aromatic carbocycles. The number of rotatable bonds is 5. The fourth-order valence-electron chi connectivity index (χ4n) is 2.75. The van der Waals surface area contributed by atoms with Crippen molar-refractivity contribution in [2.75, 3.05) is 25.0 Å². The van der Waals surface area contributed by atoms with Crippen molar-refractivity contribution in [1.82, 2.24) is 4.90 Å². The van der Waals surface area contributed by atoms with E-state index < -0.39 is 0 Å². The van der Waals surface area contributed by atoms with E-state index in [4.69, 9.17) is 4.74 Å². The molecule has 1 aliphatic rings. The third-order valence-electron chi connectivity index (χ3n) is 3.86. The lowest BCUT2D eigenvalue weighted by Gasteiger charge is -2.19. The highest BCUT2D eigenvalue weighted by molar-refractivity contribution is 5.47. The normalized spacial score (nSPS) is 20.7. The Labute approximate surface area is 123 Å². The van der Waals surface area contributed by atoms with E-state index >= 15 is 0 Å². The molecule has 20 heavy (non-hydrogen) atoms. The summed E-state index contributed by atoms with van der Waals surface area (Å²) in [6.07, 6.45) is 4.02. The van der Waals surface area contributed by atoms with Crippen LogP contribution < -0.4 is 10.1 Å². The first-order valence-corrected chi connectivity index (χ1v) is 7.93. The molecular formula is C17H28N2O. The minimum atomic E-state index is 0.232. The summed E-state index contributed by atoms with van der Waals surface area (Å²) < 4.78 is 5.67. The van der Waals surface area contributed by atoms with Gasteiger partial charge in [-0.05, 0) is 70.5 Å². The number of hydrogen-bond donors (Lipinski definition) is 1. The summed E-state index contributed by atoms with van der Waals surface area (Å²) in [6, 6.07) is 8.96. The quantitative estimate of drug-likeness (QED) is 0.886. The molecule has 0 aliphatic carbocycles. The van der Waals surface area contributed by atoms with Crippen molar-refractivity contribution >= 4 is 5.69 Å². The number of likely N-dealkylation sites (tertiary alicyclic amines) is 1. The van der Waals surface area contributed by atoms with E-state index in [1.54, 1.807) is 0 Å². The molecule has 1 heterocycles. The van der Waals surface area contributed by atoms with Gasteiger partial charge in [-0.1, -0.05) is 6.92 Å². The van der Waals surface area contributed by atoms with Gasteiger partial charge in [-0.15, -0.1) is 0 Å². The molecule has 1 aliphatic heterocycles. The minimum Gasteiger partial charge on any atom is -0.491 e. The predicted molar refractivity (Wildman–Crippen MR) is 85.6 cm³/mol. The Hall–Kier alpha value is -1.22. The number of benzene rings is 1. The van der Waals surface area contributed by atoms with Crippen molar-refractivity contribution in [2.45, 2.75) is 52.2 Å². The van der Waals surface area contributed by atoms with E-state index in [1.807, 2.05) is 0 Å². The first kappa shape index (κ1) is 15.2. The van der Waals surface area contributed by atoms with Gasteiger partial charge in [0.25, 0.3) is 0 Å². The summed E-state index contributed by atoms with van der Waals surface area (Å²) in [5.74, 6) is 0.948. The maximum Gasteiger partial charge on any atom is 0.119 e. The van der Waals surface area contributed by atoms with Gasteiger partial charge in [-0.25, -0.2) is 0 Å².